The second kappa shape index (κ2) is 8.83. The van der Waals surface area contributed by atoms with Gasteiger partial charge in [-0.1, -0.05) is 15.9 Å². The van der Waals surface area contributed by atoms with Crippen LogP contribution in [0.25, 0.3) is 0 Å². The Balaban J connectivity index is 0.00000242. The van der Waals surface area contributed by atoms with Gasteiger partial charge in [0.1, 0.15) is 0 Å². The molecule has 1 aliphatic rings. The van der Waals surface area contributed by atoms with Gasteiger partial charge in [-0.05, 0) is 37.2 Å². The number of rotatable bonds is 6. The maximum atomic E-state index is 12.0. The Kier molecular flexibility index (Phi) is 7.78. The molecule has 0 aliphatic carbocycles. The lowest BCUT2D eigenvalue weighted by Gasteiger charge is -2.11. The molecule has 1 atom stereocenters. The van der Waals surface area contributed by atoms with Crippen molar-refractivity contribution < 1.29 is 13.2 Å². The predicted molar refractivity (Wildman–Crippen MR) is 90.6 cm³/mol. The van der Waals surface area contributed by atoms with Crippen LogP contribution in [-0.2, 0) is 14.8 Å². The lowest BCUT2D eigenvalue weighted by Crippen LogP contribution is -2.38. The third kappa shape index (κ3) is 5.85. The third-order valence-corrected chi connectivity index (χ3v) is 5.20. The Hall–Kier alpha value is -0.670. The molecule has 0 radical (unpaired) electrons. The summed E-state index contributed by atoms with van der Waals surface area (Å²) in [5.74, 6) is -0.137. The van der Waals surface area contributed by atoms with Crippen molar-refractivity contribution in [2.24, 2.45) is 0 Å². The molecule has 1 amide bonds. The number of sulfonamides is 1. The summed E-state index contributed by atoms with van der Waals surface area (Å²) in [5, 5.41) is 6.02. The molecule has 0 bridgehead atoms. The summed E-state index contributed by atoms with van der Waals surface area (Å²) in [6.45, 7) is 1.77. The van der Waals surface area contributed by atoms with Crippen molar-refractivity contribution >= 4 is 44.3 Å². The summed E-state index contributed by atoms with van der Waals surface area (Å²) in [6, 6.07) is 6.50. The number of nitrogens with one attached hydrogen (secondary N) is 3. The van der Waals surface area contributed by atoms with E-state index in [1.165, 1.54) is 12.1 Å². The average Bonchev–Trinajstić information content (AvgIpc) is 2.91. The molecule has 0 saturated carbocycles. The fourth-order valence-corrected chi connectivity index (χ4v) is 3.37. The number of hydrogen-bond acceptors (Lipinski definition) is 4. The van der Waals surface area contributed by atoms with Gasteiger partial charge in [0.2, 0.25) is 15.9 Å². The van der Waals surface area contributed by atoms with Crippen molar-refractivity contribution in [3.8, 4) is 0 Å². The molecule has 2 rings (SSSR count). The van der Waals surface area contributed by atoms with Crippen molar-refractivity contribution in [3.05, 3.63) is 28.7 Å². The maximum Gasteiger partial charge on any atom is 0.240 e. The molecule has 9 heteroatoms. The first-order valence-electron chi connectivity index (χ1n) is 6.73. The van der Waals surface area contributed by atoms with Gasteiger partial charge in [0.15, 0.2) is 0 Å². The fraction of sp³-hybridized carbons (Fsp3) is 0.462. The van der Waals surface area contributed by atoms with E-state index in [0.29, 0.717) is 0 Å². The highest BCUT2D eigenvalue weighted by atomic mass is 79.9. The van der Waals surface area contributed by atoms with Gasteiger partial charge in [-0.25, -0.2) is 13.1 Å². The van der Waals surface area contributed by atoms with Gasteiger partial charge >= 0.3 is 0 Å². The first kappa shape index (κ1) is 19.4. The largest absolute Gasteiger partial charge is 0.352 e. The van der Waals surface area contributed by atoms with Crippen molar-refractivity contribution in [1.82, 2.24) is 15.4 Å². The minimum Gasteiger partial charge on any atom is -0.352 e. The summed E-state index contributed by atoms with van der Waals surface area (Å²) in [5.41, 5.74) is 0. The van der Waals surface area contributed by atoms with E-state index in [0.717, 1.165) is 24.0 Å². The monoisotopic (exact) mass is 411 g/mol. The second-order valence-electron chi connectivity index (χ2n) is 4.86. The lowest BCUT2D eigenvalue weighted by atomic mass is 10.2. The molecule has 1 fully saturated rings. The first-order valence-corrected chi connectivity index (χ1v) is 9.00. The molecule has 124 valence electrons. The minimum atomic E-state index is -3.56. The smallest absolute Gasteiger partial charge is 0.240 e. The van der Waals surface area contributed by atoms with E-state index in [1.54, 1.807) is 12.1 Å². The van der Waals surface area contributed by atoms with Crippen LogP contribution in [0.4, 0.5) is 0 Å². The SMILES string of the molecule is Cl.O=C(CCNS(=O)(=O)c1ccc(Br)cc1)NC1CCNC1. The summed E-state index contributed by atoms with van der Waals surface area (Å²) in [4.78, 5) is 11.9. The summed E-state index contributed by atoms with van der Waals surface area (Å²) in [7, 11) is -3.56. The van der Waals surface area contributed by atoms with Crippen LogP contribution in [0.15, 0.2) is 33.6 Å². The van der Waals surface area contributed by atoms with E-state index in [-0.39, 0.29) is 42.2 Å². The molecular formula is C13H19BrClN3O3S. The quantitative estimate of drug-likeness (QED) is 0.651. The molecule has 0 aromatic heterocycles. The van der Waals surface area contributed by atoms with Crippen molar-refractivity contribution in [2.45, 2.75) is 23.8 Å². The average molecular weight is 413 g/mol. The molecule has 1 aliphatic heterocycles. The topological polar surface area (TPSA) is 87.3 Å². The van der Waals surface area contributed by atoms with Gasteiger partial charge in [0.05, 0.1) is 4.90 Å². The maximum absolute atomic E-state index is 12.0. The molecule has 3 N–H and O–H groups in total. The van der Waals surface area contributed by atoms with Gasteiger partial charge in [0, 0.05) is 30.0 Å². The third-order valence-electron chi connectivity index (χ3n) is 3.19. The number of hydrogen-bond donors (Lipinski definition) is 3. The number of carbonyl (C=O) groups is 1. The van der Waals surface area contributed by atoms with Crippen LogP contribution in [0.5, 0.6) is 0 Å². The Bertz CT molecular complexity index is 589. The van der Waals surface area contributed by atoms with E-state index in [1.807, 2.05) is 0 Å². The molecule has 1 aromatic carbocycles. The highest BCUT2D eigenvalue weighted by Crippen LogP contribution is 2.14. The molecular weight excluding hydrogens is 394 g/mol. The number of carbonyl (C=O) groups excluding carboxylic acids is 1. The molecule has 1 saturated heterocycles. The summed E-state index contributed by atoms with van der Waals surface area (Å²) >= 11 is 3.25. The highest BCUT2D eigenvalue weighted by molar-refractivity contribution is 9.10. The zero-order valence-corrected chi connectivity index (χ0v) is 15.1. The van der Waals surface area contributed by atoms with Crippen LogP contribution < -0.4 is 15.4 Å². The number of benzene rings is 1. The minimum absolute atomic E-state index is 0. The summed E-state index contributed by atoms with van der Waals surface area (Å²) < 4.78 is 27.2. The van der Waals surface area contributed by atoms with Crippen LogP contribution in [0.2, 0.25) is 0 Å². The number of amides is 1. The Morgan fingerprint density at radius 2 is 2.00 bits per heavy atom. The Morgan fingerprint density at radius 1 is 1.32 bits per heavy atom. The molecule has 1 heterocycles. The standard InChI is InChI=1S/C13H18BrN3O3S.ClH/c14-10-1-3-12(4-2-10)21(19,20)16-8-6-13(18)17-11-5-7-15-9-11;/h1-4,11,15-16H,5-9H2,(H,17,18);1H. The van der Waals surface area contributed by atoms with Crippen LogP contribution >= 0.6 is 28.3 Å². The molecule has 0 spiro atoms. The van der Waals surface area contributed by atoms with Crippen LogP contribution in [0, 0.1) is 0 Å². The van der Waals surface area contributed by atoms with Crippen LogP contribution in [0.1, 0.15) is 12.8 Å². The van der Waals surface area contributed by atoms with E-state index < -0.39 is 10.0 Å². The van der Waals surface area contributed by atoms with Gasteiger partial charge in [-0.3, -0.25) is 4.79 Å². The molecule has 1 unspecified atom stereocenters. The molecule has 1 aromatic rings. The lowest BCUT2D eigenvalue weighted by molar-refractivity contribution is -0.121. The number of halogens is 2. The molecule has 22 heavy (non-hydrogen) atoms. The van der Waals surface area contributed by atoms with Crippen LogP contribution in [0.3, 0.4) is 0 Å². The van der Waals surface area contributed by atoms with E-state index in [4.69, 9.17) is 0 Å². The highest BCUT2D eigenvalue weighted by Gasteiger charge is 2.17. The van der Waals surface area contributed by atoms with E-state index in [2.05, 4.69) is 31.3 Å². The second-order valence-corrected chi connectivity index (χ2v) is 7.54. The van der Waals surface area contributed by atoms with Gasteiger partial charge in [-0.15, -0.1) is 12.4 Å². The first-order chi connectivity index (χ1) is 9.97. The van der Waals surface area contributed by atoms with E-state index in [9.17, 15) is 13.2 Å². The zero-order valence-electron chi connectivity index (χ0n) is 11.8. The van der Waals surface area contributed by atoms with Crippen LogP contribution in [-0.4, -0.2) is 40.0 Å². The van der Waals surface area contributed by atoms with Crippen molar-refractivity contribution in [2.75, 3.05) is 19.6 Å². The fourth-order valence-electron chi connectivity index (χ4n) is 2.07. The predicted octanol–water partition coefficient (Wildman–Crippen LogP) is 1.02. The van der Waals surface area contributed by atoms with Gasteiger partial charge < -0.3 is 10.6 Å². The summed E-state index contributed by atoms with van der Waals surface area (Å²) in [6.07, 6.45) is 1.04. The van der Waals surface area contributed by atoms with Crippen molar-refractivity contribution in [1.29, 1.82) is 0 Å². The Morgan fingerprint density at radius 3 is 2.59 bits per heavy atom. The van der Waals surface area contributed by atoms with Gasteiger partial charge in [-0.2, -0.15) is 0 Å². The molecule has 6 nitrogen and oxygen atoms in total. The van der Waals surface area contributed by atoms with Crippen molar-refractivity contribution in [3.63, 3.8) is 0 Å². The zero-order chi connectivity index (χ0) is 15.3. The van der Waals surface area contributed by atoms with E-state index >= 15 is 0 Å². The van der Waals surface area contributed by atoms with Gasteiger partial charge in [0.25, 0.3) is 0 Å². The normalized spacial score (nSPS) is 17.8. The Labute approximate surface area is 145 Å².